The van der Waals surface area contributed by atoms with Gasteiger partial charge in [-0.3, -0.25) is 0 Å². The molecule has 1 N–H and O–H groups in total. The molecular formula is C10H11NO2S. The number of hydrogen-bond acceptors (Lipinski definition) is 4. The second kappa shape index (κ2) is 3.55. The Morgan fingerprint density at radius 3 is 2.79 bits per heavy atom. The molecule has 0 aromatic carbocycles. The summed E-state index contributed by atoms with van der Waals surface area (Å²) in [5, 5.41) is 10.1. The predicted molar refractivity (Wildman–Crippen MR) is 55.2 cm³/mol. The first kappa shape index (κ1) is 9.43. The minimum Gasteiger partial charge on any atom is -0.459 e. The highest BCUT2D eigenvalue weighted by molar-refractivity contribution is 7.15. The number of aryl methyl sites for hydroxylation is 1. The van der Waals surface area contributed by atoms with Crippen LogP contribution >= 0.6 is 11.3 Å². The molecule has 0 saturated heterocycles. The number of thiazole rings is 1. The van der Waals surface area contributed by atoms with E-state index in [1.807, 2.05) is 19.1 Å². The quantitative estimate of drug-likeness (QED) is 0.827. The molecule has 3 nitrogen and oxygen atoms in total. The lowest BCUT2D eigenvalue weighted by atomic mass is 10.4. The fraction of sp³-hybridized carbons (Fsp3) is 0.300. The van der Waals surface area contributed by atoms with Crippen LogP contribution in [0.2, 0.25) is 0 Å². The van der Waals surface area contributed by atoms with Crippen molar-refractivity contribution in [1.82, 2.24) is 4.98 Å². The molecule has 0 amide bonds. The van der Waals surface area contributed by atoms with Gasteiger partial charge in [0.05, 0.1) is 11.0 Å². The third-order valence-electron chi connectivity index (χ3n) is 1.89. The van der Waals surface area contributed by atoms with E-state index in [1.54, 1.807) is 13.1 Å². The zero-order valence-electron chi connectivity index (χ0n) is 8.02. The number of aliphatic hydroxyl groups excluding tert-OH is 1. The number of hydrogen-bond donors (Lipinski definition) is 1. The maximum Gasteiger partial charge on any atom is 0.162 e. The van der Waals surface area contributed by atoms with E-state index in [0.29, 0.717) is 0 Å². The van der Waals surface area contributed by atoms with Crippen LogP contribution in [-0.2, 0) is 0 Å². The summed E-state index contributed by atoms with van der Waals surface area (Å²) < 4.78 is 5.43. The Morgan fingerprint density at radius 1 is 1.50 bits per heavy atom. The van der Waals surface area contributed by atoms with Crippen molar-refractivity contribution >= 4 is 11.3 Å². The highest BCUT2D eigenvalue weighted by Crippen LogP contribution is 2.29. The van der Waals surface area contributed by atoms with Crippen LogP contribution in [0.25, 0.3) is 10.8 Å². The summed E-state index contributed by atoms with van der Waals surface area (Å²) in [5.41, 5.74) is 0. The van der Waals surface area contributed by atoms with E-state index in [-0.39, 0.29) is 0 Å². The van der Waals surface area contributed by atoms with Crippen molar-refractivity contribution in [2.24, 2.45) is 0 Å². The molecule has 1 atom stereocenters. The zero-order valence-corrected chi connectivity index (χ0v) is 8.84. The van der Waals surface area contributed by atoms with Crippen LogP contribution in [-0.4, -0.2) is 10.1 Å². The van der Waals surface area contributed by atoms with Gasteiger partial charge in [-0.2, -0.15) is 0 Å². The average molecular weight is 209 g/mol. The van der Waals surface area contributed by atoms with Gasteiger partial charge in [-0.05, 0) is 26.0 Å². The summed E-state index contributed by atoms with van der Waals surface area (Å²) in [6.45, 7) is 3.62. The van der Waals surface area contributed by atoms with Crippen molar-refractivity contribution < 1.29 is 9.52 Å². The van der Waals surface area contributed by atoms with Crippen LogP contribution in [0.4, 0.5) is 0 Å². The van der Waals surface area contributed by atoms with Crippen LogP contribution in [0.15, 0.2) is 22.7 Å². The predicted octanol–water partition coefficient (Wildman–Crippen LogP) is 2.76. The Labute approximate surface area is 86.0 Å². The lowest BCUT2D eigenvalue weighted by molar-refractivity contribution is 0.203. The SMILES string of the molecule is Cc1ccc(-c2ncc(C(C)O)s2)o1. The Balaban J connectivity index is 2.33. The van der Waals surface area contributed by atoms with Gasteiger partial charge in [0.1, 0.15) is 5.76 Å². The molecule has 14 heavy (non-hydrogen) atoms. The van der Waals surface area contributed by atoms with E-state index < -0.39 is 6.10 Å². The summed E-state index contributed by atoms with van der Waals surface area (Å²) >= 11 is 1.45. The minimum atomic E-state index is -0.461. The van der Waals surface area contributed by atoms with Crippen molar-refractivity contribution in [3.8, 4) is 10.8 Å². The molecule has 2 aromatic rings. The Hall–Kier alpha value is -1.13. The van der Waals surface area contributed by atoms with Crippen molar-refractivity contribution in [1.29, 1.82) is 0 Å². The molecule has 0 radical (unpaired) electrons. The molecule has 2 aromatic heterocycles. The second-order valence-corrected chi connectivity index (χ2v) is 4.22. The molecule has 2 rings (SSSR count). The van der Waals surface area contributed by atoms with E-state index in [4.69, 9.17) is 4.42 Å². The second-order valence-electron chi connectivity index (χ2n) is 3.15. The molecule has 2 heterocycles. The van der Waals surface area contributed by atoms with Crippen LogP contribution in [0.3, 0.4) is 0 Å². The molecule has 4 heteroatoms. The summed E-state index contributed by atoms with van der Waals surface area (Å²) in [6, 6.07) is 3.79. The maximum absolute atomic E-state index is 9.33. The van der Waals surface area contributed by atoms with E-state index in [0.717, 1.165) is 21.4 Å². The van der Waals surface area contributed by atoms with Gasteiger partial charge >= 0.3 is 0 Å². The zero-order chi connectivity index (χ0) is 10.1. The van der Waals surface area contributed by atoms with E-state index in [2.05, 4.69) is 4.98 Å². The number of aliphatic hydroxyl groups is 1. The highest BCUT2D eigenvalue weighted by atomic mass is 32.1. The highest BCUT2D eigenvalue weighted by Gasteiger charge is 2.10. The molecular weight excluding hydrogens is 198 g/mol. The largest absolute Gasteiger partial charge is 0.459 e. The lowest BCUT2D eigenvalue weighted by Gasteiger charge is -1.95. The fourth-order valence-electron chi connectivity index (χ4n) is 1.14. The van der Waals surface area contributed by atoms with Crippen molar-refractivity contribution in [2.75, 3.05) is 0 Å². The monoisotopic (exact) mass is 209 g/mol. The number of furan rings is 1. The van der Waals surface area contributed by atoms with Crippen LogP contribution in [0, 0.1) is 6.92 Å². The number of rotatable bonds is 2. The van der Waals surface area contributed by atoms with Crippen molar-refractivity contribution in [3.05, 3.63) is 29.0 Å². The van der Waals surface area contributed by atoms with E-state index >= 15 is 0 Å². The molecule has 0 aliphatic carbocycles. The summed E-state index contributed by atoms with van der Waals surface area (Å²) in [5.74, 6) is 1.63. The topological polar surface area (TPSA) is 46.3 Å². The molecule has 0 fully saturated rings. The Kier molecular flexibility index (Phi) is 2.39. The first-order valence-electron chi connectivity index (χ1n) is 4.37. The fourth-order valence-corrected chi connectivity index (χ4v) is 1.96. The molecule has 0 bridgehead atoms. The van der Waals surface area contributed by atoms with Crippen molar-refractivity contribution in [3.63, 3.8) is 0 Å². The van der Waals surface area contributed by atoms with Crippen LogP contribution in [0.5, 0.6) is 0 Å². The van der Waals surface area contributed by atoms with Gasteiger partial charge < -0.3 is 9.52 Å². The van der Waals surface area contributed by atoms with Gasteiger partial charge in [-0.15, -0.1) is 11.3 Å². The van der Waals surface area contributed by atoms with Gasteiger partial charge in [0.25, 0.3) is 0 Å². The van der Waals surface area contributed by atoms with Gasteiger partial charge in [0.15, 0.2) is 10.8 Å². The summed E-state index contributed by atoms with van der Waals surface area (Å²) in [4.78, 5) is 5.04. The number of aromatic nitrogens is 1. The van der Waals surface area contributed by atoms with Crippen LogP contribution < -0.4 is 0 Å². The minimum absolute atomic E-state index is 0.461. The van der Waals surface area contributed by atoms with Crippen LogP contribution in [0.1, 0.15) is 23.7 Å². The lowest BCUT2D eigenvalue weighted by Crippen LogP contribution is -1.83. The Bertz CT molecular complexity index is 431. The average Bonchev–Trinajstić information content (AvgIpc) is 2.70. The standard InChI is InChI=1S/C10H11NO2S/c1-6-3-4-8(13-6)10-11-5-9(14-10)7(2)12/h3-5,7,12H,1-2H3. The van der Waals surface area contributed by atoms with Gasteiger partial charge in [0, 0.05) is 6.20 Å². The van der Waals surface area contributed by atoms with Gasteiger partial charge in [0.2, 0.25) is 0 Å². The van der Waals surface area contributed by atoms with Gasteiger partial charge in [-0.1, -0.05) is 0 Å². The first-order valence-corrected chi connectivity index (χ1v) is 5.19. The molecule has 1 unspecified atom stereocenters. The smallest absolute Gasteiger partial charge is 0.162 e. The third kappa shape index (κ3) is 1.71. The molecule has 0 saturated carbocycles. The van der Waals surface area contributed by atoms with Gasteiger partial charge in [-0.25, -0.2) is 4.98 Å². The maximum atomic E-state index is 9.33. The normalized spacial score (nSPS) is 13.1. The molecule has 0 aliphatic heterocycles. The molecule has 0 aliphatic rings. The Morgan fingerprint density at radius 2 is 2.29 bits per heavy atom. The molecule has 74 valence electrons. The van der Waals surface area contributed by atoms with E-state index in [9.17, 15) is 5.11 Å². The third-order valence-corrected chi connectivity index (χ3v) is 3.07. The molecule has 0 spiro atoms. The first-order chi connectivity index (χ1) is 6.66. The van der Waals surface area contributed by atoms with E-state index in [1.165, 1.54) is 11.3 Å². The number of nitrogens with zero attached hydrogens (tertiary/aromatic N) is 1. The van der Waals surface area contributed by atoms with Crippen molar-refractivity contribution in [2.45, 2.75) is 20.0 Å². The summed E-state index contributed by atoms with van der Waals surface area (Å²) in [6.07, 6.45) is 1.22. The summed E-state index contributed by atoms with van der Waals surface area (Å²) in [7, 11) is 0.